The molecule has 0 atom stereocenters. The van der Waals surface area contributed by atoms with Crippen molar-refractivity contribution in [2.45, 2.75) is 27.2 Å². The minimum absolute atomic E-state index is 0.251. The van der Waals surface area contributed by atoms with E-state index in [4.69, 9.17) is 0 Å². The molecular formula is C24H22N2S. The van der Waals surface area contributed by atoms with Gasteiger partial charge in [-0.25, -0.2) is 0 Å². The molecule has 3 heteroatoms. The Morgan fingerprint density at radius 3 is 2.44 bits per heavy atom. The average molecular weight is 371 g/mol. The first-order chi connectivity index (χ1) is 12.9. The predicted molar refractivity (Wildman–Crippen MR) is 116 cm³/mol. The summed E-state index contributed by atoms with van der Waals surface area (Å²) in [7, 11) is 0. The minimum atomic E-state index is 0.251. The van der Waals surface area contributed by atoms with Crippen LogP contribution in [-0.4, -0.2) is 0 Å². The molecule has 2 heterocycles. The highest BCUT2D eigenvalue weighted by molar-refractivity contribution is 7.11. The van der Waals surface area contributed by atoms with Crippen LogP contribution in [-0.2, 0) is 6.42 Å². The summed E-state index contributed by atoms with van der Waals surface area (Å²) in [5.74, 6) is 0. The molecule has 1 aliphatic heterocycles. The summed E-state index contributed by atoms with van der Waals surface area (Å²) < 4.78 is 0. The molecule has 0 bridgehead atoms. The Morgan fingerprint density at radius 1 is 1.04 bits per heavy atom. The van der Waals surface area contributed by atoms with Crippen LogP contribution in [0.15, 0.2) is 54.4 Å². The van der Waals surface area contributed by atoms with Crippen molar-refractivity contribution in [3.63, 3.8) is 0 Å². The van der Waals surface area contributed by atoms with E-state index in [-0.39, 0.29) is 5.41 Å². The average Bonchev–Trinajstić information content (AvgIpc) is 3.11. The summed E-state index contributed by atoms with van der Waals surface area (Å²) in [6.07, 6.45) is 1.03. The molecule has 0 unspecified atom stereocenters. The lowest BCUT2D eigenvalue weighted by atomic mass is 9.85. The van der Waals surface area contributed by atoms with Crippen molar-refractivity contribution in [3.8, 4) is 28.3 Å². The van der Waals surface area contributed by atoms with E-state index in [1.807, 2.05) is 12.1 Å². The van der Waals surface area contributed by atoms with Gasteiger partial charge in [0.15, 0.2) is 0 Å². The van der Waals surface area contributed by atoms with Crippen molar-refractivity contribution < 1.29 is 0 Å². The van der Waals surface area contributed by atoms with Gasteiger partial charge in [0.25, 0.3) is 0 Å². The molecule has 0 aliphatic carbocycles. The second kappa shape index (κ2) is 6.40. The molecule has 0 radical (unpaired) electrons. The summed E-state index contributed by atoms with van der Waals surface area (Å²) in [4.78, 5) is 1.14. The molecule has 0 fully saturated rings. The lowest BCUT2D eigenvalue weighted by Gasteiger charge is -2.24. The predicted octanol–water partition coefficient (Wildman–Crippen LogP) is 6.94. The van der Waals surface area contributed by atoms with Crippen LogP contribution in [0.2, 0.25) is 0 Å². The highest BCUT2D eigenvalue weighted by Crippen LogP contribution is 2.48. The molecule has 0 saturated heterocycles. The molecule has 0 spiro atoms. The van der Waals surface area contributed by atoms with Crippen molar-refractivity contribution in [3.05, 3.63) is 70.4 Å². The van der Waals surface area contributed by atoms with Gasteiger partial charge in [0.1, 0.15) is 0 Å². The first kappa shape index (κ1) is 17.6. The summed E-state index contributed by atoms with van der Waals surface area (Å²) in [5, 5.41) is 15.3. The minimum Gasteiger partial charge on any atom is -0.354 e. The van der Waals surface area contributed by atoms with E-state index in [0.29, 0.717) is 5.56 Å². The Hall–Kier alpha value is -2.83. The number of benzene rings is 2. The third-order valence-corrected chi connectivity index (χ3v) is 5.77. The Kier molecular flexibility index (Phi) is 4.17. The molecule has 1 aromatic heterocycles. The third-order valence-electron chi connectivity index (χ3n) is 4.80. The number of thiophene rings is 1. The maximum absolute atomic E-state index is 9.75. The molecule has 1 aliphatic rings. The van der Waals surface area contributed by atoms with Crippen LogP contribution in [0.4, 0.5) is 5.69 Å². The zero-order valence-corrected chi connectivity index (χ0v) is 16.7. The number of nitriles is 1. The highest BCUT2D eigenvalue weighted by Gasteiger charge is 2.25. The number of hydrogen-bond donors (Lipinski definition) is 1. The fraction of sp³-hybridized carbons (Fsp3) is 0.208. The maximum atomic E-state index is 9.75. The number of nitrogens with one attached hydrogen (secondary N) is 1. The lowest BCUT2D eigenvalue weighted by Crippen LogP contribution is -2.09. The normalized spacial score (nSPS) is 12.7. The van der Waals surface area contributed by atoms with Crippen LogP contribution < -0.4 is 5.32 Å². The molecule has 4 rings (SSSR count). The van der Waals surface area contributed by atoms with Crippen molar-refractivity contribution in [2.24, 2.45) is 5.41 Å². The van der Waals surface area contributed by atoms with E-state index in [1.165, 1.54) is 5.56 Å². The molecule has 27 heavy (non-hydrogen) atoms. The summed E-state index contributed by atoms with van der Waals surface area (Å²) in [6.45, 7) is 10.9. The molecule has 134 valence electrons. The van der Waals surface area contributed by atoms with Crippen LogP contribution in [0.3, 0.4) is 0 Å². The van der Waals surface area contributed by atoms with Gasteiger partial charge in [-0.2, -0.15) is 5.26 Å². The maximum Gasteiger partial charge on any atom is 0.0998 e. The van der Waals surface area contributed by atoms with E-state index in [1.54, 1.807) is 11.3 Å². The second-order valence-electron chi connectivity index (χ2n) is 8.22. The van der Waals surface area contributed by atoms with Gasteiger partial charge in [0, 0.05) is 28.1 Å². The standard InChI is InChI=1S/C24H22N2S/c1-15-23-19(11-12-27-23)22-20(26-15)10-9-18(14-25)21(22)17-7-5-16(6-8-17)13-24(2,3)4/h5-12,26H,1,13H2,2-4H3. The summed E-state index contributed by atoms with van der Waals surface area (Å²) in [5.41, 5.74) is 8.53. The fourth-order valence-corrected chi connectivity index (χ4v) is 4.57. The van der Waals surface area contributed by atoms with Crippen molar-refractivity contribution in [2.75, 3.05) is 5.32 Å². The SMILES string of the molecule is C=C1Nc2ccc(C#N)c(-c3ccc(CC(C)(C)C)cc3)c2-c2ccsc21. The topological polar surface area (TPSA) is 35.8 Å². The number of rotatable bonds is 2. The summed E-state index contributed by atoms with van der Waals surface area (Å²) in [6, 6.07) is 17.1. The fourth-order valence-electron chi connectivity index (χ4n) is 3.74. The zero-order valence-electron chi connectivity index (χ0n) is 15.9. The molecular weight excluding hydrogens is 348 g/mol. The quantitative estimate of drug-likeness (QED) is 0.530. The molecule has 2 nitrogen and oxygen atoms in total. The van der Waals surface area contributed by atoms with Crippen LogP contribution in [0.1, 0.15) is 36.8 Å². The van der Waals surface area contributed by atoms with Crippen LogP contribution in [0, 0.1) is 16.7 Å². The van der Waals surface area contributed by atoms with Crippen LogP contribution >= 0.6 is 11.3 Å². The van der Waals surface area contributed by atoms with Gasteiger partial charge in [-0.1, -0.05) is 51.6 Å². The van der Waals surface area contributed by atoms with Crippen LogP contribution in [0.25, 0.3) is 28.0 Å². The van der Waals surface area contributed by atoms with Gasteiger partial charge in [0.2, 0.25) is 0 Å². The second-order valence-corrected chi connectivity index (χ2v) is 9.14. The van der Waals surface area contributed by atoms with E-state index in [2.05, 4.69) is 74.4 Å². The van der Waals surface area contributed by atoms with Gasteiger partial charge >= 0.3 is 0 Å². The van der Waals surface area contributed by atoms with Gasteiger partial charge in [-0.05, 0) is 46.5 Å². The largest absolute Gasteiger partial charge is 0.354 e. The smallest absolute Gasteiger partial charge is 0.0998 e. The number of anilines is 1. The Morgan fingerprint density at radius 2 is 1.78 bits per heavy atom. The molecule has 0 saturated carbocycles. The summed E-state index contributed by atoms with van der Waals surface area (Å²) >= 11 is 1.68. The highest BCUT2D eigenvalue weighted by atomic mass is 32.1. The van der Waals surface area contributed by atoms with Crippen LogP contribution in [0.5, 0.6) is 0 Å². The Bertz CT molecular complexity index is 1070. The first-order valence-corrected chi connectivity index (χ1v) is 9.96. The lowest BCUT2D eigenvalue weighted by molar-refractivity contribution is 0.411. The van der Waals surface area contributed by atoms with Gasteiger partial charge in [-0.3, -0.25) is 0 Å². The van der Waals surface area contributed by atoms with E-state index < -0.39 is 0 Å². The number of fused-ring (bicyclic) bond motifs is 3. The van der Waals surface area contributed by atoms with Gasteiger partial charge in [0.05, 0.1) is 16.5 Å². The monoisotopic (exact) mass is 370 g/mol. The first-order valence-electron chi connectivity index (χ1n) is 9.08. The molecule has 2 aromatic carbocycles. The van der Waals surface area contributed by atoms with E-state index >= 15 is 0 Å². The third kappa shape index (κ3) is 3.18. The molecule has 3 aromatic rings. The Labute approximate surface area is 164 Å². The van der Waals surface area contributed by atoms with E-state index in [9.17, 15) is 5.26 Å². The van der Waals surface area contributed by atoms with E-state index in [0.717, 1.165) is 44.9 Å². The van der Waals surface area contributed by atoms with Crippen molar-refractivity contribution in [1.82, 2.24) is 0 Å². The van der Waals surface area contributed by atoms with Crippen molar-refractivity contribution in [1.29, 1.82) is 5.26 Å². The number of hydrogen-bond acceptors (Lipinski definition) is 3. The number of nitrogens with zero attached hydrogens (tertiary/aromatic N) is 1. The zero-order chi connectivity index (χ0) is 19.2. The molecule has 1 N–H and O–H groups in total. The molecule has 0 amide bonds. The van der Waals surface area contributed by atoms with Gasteiger partial charge < -0.3 is 5.32 Å². The van der Waals surface area contributed by atoms with Gasteiger partial charge in [-0.15, -0.1) is 11.3 Å². The van der Waals surface area contributed by atoms with Crippen molar-refractivity contribution >= 4 is 22.7 Å². The Balaban J connectivity index is 1.89.